The molecule has 136 valence electrons. The molecule has 1 unspecified atom stereocenters. The highest BCUT2D eigenvalue weighted by Gasteiger charge is 2.21. The van der Waals surface area contributed by atoms with E-state index in [1.807, 2.05) is 12.1 Å². The molecule has 0 bridgehead atoms. The highest BCUT2D eigenvalue weighted by atomic mass is 16.5. The molecule has 1 aromatic heterocycles. The van der Waals surface area contributed by atoms with E-state index in [-0.39, 0.29) is 0 Å². The lowest BCUT2D eigenvalue weighted by molar-refractivity contribution is 0.355. The summed E-state index contributed by atoms with van der Waals surface area (Å²) in [5, 5.41) is 12.6. The van der Waals surface area contributed by atoms with Crippen molar-refractivity contribution in [3.05, 3.63) is 41.6 Å². The normalized spacial score (nSPS) is 17.4. The van der Waals surface area contributed by atoms with Gasteiger partial charge in [-0.25, -0.2) is 0 Å². The zero-order chi connectivity index (χ0) is 18.1. The number of aromatic amines is 1. The Labute approximate surface area is 153 Å². The monoisotopic (exact) mass is 351 g/mol. The summed E-state index contributed by atoms with van der Waals surface area (Å²) in [6, 6.07) is 10.5. The molecule has 1 fully saturated rings. The maximum atomic E-state index is 5.46. The highest BCUT2D eigenvalue weighted by Crippen LogP contribution is 2.36. The van der Waals surface area contributed by atoms with Gasteiger partial charge in [-0.1, -0.05) is 6.07 Å². The van der Waals surface area contributed by atoms with E-state index in [1.54, 1.807) is 14.2 Å². The summed E-state index contributed by atoms with van der Waals surface area (Å²) < 4.78 is 10.8. The third-order valence-corrected chi connectivity index (χ3v) is 5.32. The summed E-state index contributed by atoms with van der Waals surface area (Å²) in [6.07, 6.45) is 2.41. The molecule has 3 aromatic rings. The average molecular weight is 351 g/mol. The Morgan fingerprint density at radius 1 is 1.08 bits per heavy atom. The first-order chi connectivity index (χ1) is 12.7. The Hall–Kier alpha value is -2.53. The van der Waals surface area contributed by atoms with Crippen molar-refractivity contribution < 1.29 is 9.47 Å². The van der Waals surface area contributed by atoms with Gasteiger partial charge in [0.25, 0.3) is 0 Å². The van der Waals surface area contributed by atoms with Crippen molar-refractivity contribution >= 4 is 10.9 Å². The molecule has 5 nitrogen and oxygen atoms in total. The van der Waals surface area contributed by atoms with Crippen LogP contribution in [0.25, 0.3) is 22.0 Å². The molecule has 2 heterocycles. The molecule has 26 heavy (non-hydrogen) atoms. The van der Waals surface area contributed by atoms with Crippen LogP contribution in [0, 0.1) is 6.92 Å². The van der Waals surface area contributed by atoms with Crippen LogP contribution in [0.1, 0.15) is 30.0 Å². The minimum atomic E-state index is 0.490. The van der Waals surface area contributed by atoms with E-state index >= 15 is 0 Å². The first-order valence-corrected chi connectivity index (χ1v) is 9.13. The number of hydrogen-bond acceptors (Lipinski definition) is 4. The number of aryl methyl sites for hydroxylation is 1. The van der Waals surface area contributed by atoms with Crippen LogP contribution in [-0.2, 0) is 0 Å². The molecule has 1 aliphatic rings. The van der Waals surface area contributed by atoms with Crippen molar-refractivity contribution in [2.75, 3.05) is 27.3 Å². The maximum absolute atomic E-state index is 5.46. The lowest BCUT2D eigenvalue weighted by atomic mass is 9.92. The van der Waals surface area contributed by atoms with Crippen LogP contribution in [-0.4, -0.2) is 37.5 Å². The second-order valence-corrected chi connectivity index (χ2v) is 6.93. The second kappa shape index (κ2) is 7.00. The van der Waals surface area contributed by atoms with E-state index in [4.69, 9.17) is 9.47 Å². The Balaban J connectivity index is 1.76. The fourth-order valence-corrected chi connectivity index (χ4v) is 3.90. The number of benzene rings is 2. The predicted octanol–water partition coefficient (Wildman–Crippen LogP) is 4.02. The van der Waals surface area contributed by atoms with E-state index in [0.29, 0.717) is 5.92 Å². The summed E-state index contributed by atoms with van der Waals surface area (Å²) in [4.78, 5) is 0. The summed E-state index contributed by atoms with van der Waals surface area (Å²) in [5.74, 6) is 1.97. The number of nitrogens with zero attached hydrogens (tertiary/aromatic N) is 1. The van der Waals surface area contributed by atoms with E-state index in [0.717, 1.165) is 35.7 Å². The maximum Gasteiger partial charge on any atom is 0.161 e. The minimum absolute atomic E-state index is 0.490. The molecule has 4 rings (SSSR count). The zero-order valence-corrected chi connectivity index (χ0v) is 15.6. The van der Waals surface area contributed by atoms with E-state index < -0.39 is 0 Å². The highest BCUT2D eigenvalue weighted by molar-refractivity contribution is 5.88. The van der Waals surface area contributed by atoms with Gasteiger partial charge >= 0.3 is 0 Å². The molecule has 5 heteroatoms. The molecular weight excluding hydrogens is 326 g/mol. The van der Waals surface area contributed by atoms with E-state index in [2.05, 4.69) is 40.6 Å². The molecule has 2 aromatic carbocycles. The number of nitrogens with one attached hydrogen (secondary N) is 2. The van der Waals surface area contributed by atoms with E-state index in [1.165, 1.54) is 35.0 Å². The Morgan fingerprint density at radius 2 is 1.92 bits per heavy atom. The topological polar surface area (TPSA) is 59.2 Å². The van der Waals surface area contributed by atoms with Gasteiger partial charge in [-0.2, -0.15) is 5.10 Å². The standard InChI is InChI=1S/C21H25N3O2/c1-13-9-17-18(23-24-21(17)15-5-4-8-22-12-15)11-16(13)14-6-7-19(25-2)20(10-14)26-3/h6-7,9-11,15,22H,4-5,8,12H2,1-3H3,(H,23,24). The van der Waals surface area contributed by atoms with Crippen molar-refractivity contribution in [1.82, 2.24) is 15.5 Å². The van der Waals surface area contributed by atoms with Crippen molar-refractivity contribution in [2.24, 2.45) is 0 Å². The van der Waals surface area contributed by atoms with Gasteiger partial charge in [0.2, 0.25) is 0 Å². The number of hydrogen-bond donors (Lipinski definition) is 2. The number of piperidine rings is 1. The number of fused-ring (bicyclic) bond motifs is 1. The molecule has 0 aliphatic carbocycles. The van der Waals surface area contributed by atoms with Crippen LogP contribution >= 0.6 is 0 Å². The molecule has 2 N–H and O–H groups in total. The molecule has 1 saturated heterocycles. The molecule has 0 amide bonds. The molecule has 0 radical (unpaired) electrons. The SMILES string of the molecule is COc1ccc(-c2cc3[nH]nc(C4CCCNC4)c3cc2C)cc1OC. The van der Waals surface area contributed by atoms with Crippen LogP contribution in [0.5, 0.6) is 11.5 Å². The Kier molecular flexibility index (Phi) is 4.55. The molecular formula is C21H25N3O2. The molecule has 0 spiro atoms. The predicted molar refractivity (Wildman–Crippen MR) is 104 cm³/mol. The van der Waals surface area contributed by atoms with Gasteiger partial charge in [-0.05, 0) is 67.3 Å². The first kappa shape index (κ1) is 16.9. The average Bonchev–Trinajstić information content (AvgIpc) is 3.10. The third kappa shape index (κ3) is 2.92. The Morgan fingerprint density at radius 3 is 2.65 bits per heavy atom. The van der Waals surface area contributed by atoms with E-state index in [9.17, 15) is 0 Å². The fraction of sp³-hybridized carbons (Fsp3) is 0.381. The summed E-state index contributed by atoms with van der Waals surface area (Å²) >= 11 is 0. The number of H-pyrrole nitrogens is 1. The van der Waals surface area contributed by atoms with Crippen molar-refractivity contribution in [1.29, 1.82) is 0 Å². The molecule has 1 aliphatic heterocycles. The van der Waals surface area contributed by atoms with Crippen LogP contribution in [0.2, 0.25) is 0 Å². The first-order valence-electron chi connectivity index (χ1n) is 9.13. The minimum Gasteiger partial charge on any atom is -0.493 e. The number of methoxy groups -OCH3 is 2. The number of rotatable bonds is 4. The van der Waals surface area contributed by atoms with Gasteiger partial charge in [0, 0.05) is 17.8 Å². The summed E-state index contributed by atoms with van der Waals surface area (Å²) in [7, 11) is 3.32. The lowest BCUT2D eigenvalue weighted by Crippen LogP contribution is -2.28. The van der Waals surface area contributed by atoms with Gasteiger partial charge in [0.15, 0.2) is 11.5 Å². The number of aromatic nitrogens is 2. The second-order valence-electron chi connectivity index (χ2n) is 6.93. The zero-order valence-electron chi connectivity index (χ0n) is 15.6. The van der Waals surface area contributed by atoms with Crippen molar-refractivity contribution in [3.63, 3.8) is 0 Å². The van der Waals surface area contributed by atoms with Gasteiger partial charge in [0.05, 0.1) is 25.4 Å². The van der Waals surface area contributed by atoms with Crippen molar-refractivity contribution in [3.8, 4) is 22.6 Å². The smallest absolute Gasteiger partial charge is 0.161 e. The summed E-state index contributed by atoms with van der Waals surface area (Å²) in [6.45, 7) is 4.28. The fourth-order valence-electron chi connectivity index (χ4n) is 3.90. The van der Waals surface area contributed by atoms with Gasteiger partial charge in [-0.3, -0.25) is 5.10 Å². The van der Waals surface area contributed by atoms with Gasteiger partial charge in [-0.15, -0.1) is 0 Å². The quantitative estimate of drug-likeness (QED) is 0.745. The van der Waals surface area contributed by atoms with Gasteiger partial charge in [0.1, 0.15) is 0 Å². The Bertz CT molecular complexity index is 926. The van der Waals surface area contributed by atoms with Crippen LogP contribution < -0.4 is 14.8 Å². The molecule has 0 saturated carbocycles. The van der Waals surface area contributed by atoms with Crippen LogP contribution in [0.4, 0.5) is 0 Å². The third-order valence-electron chi connectivity index (χ3n) is 5.32. The van der Waals surface area contributed by atoms with Crippen molar-refractivity contribution in [2.45, 2.75) is 25.7 Å². The number of ether oxygens (including phenoxy) is 2. The largest absolute Gasteiger partial charge is 0.493 e. The lowest BCUT2D eigenvalue weighted by Gasteiger charge is -2.21. The van der Waals surface area contributed by atoms with Gasteiger partial charge < -0.3 is 14.8 Å². The van der Waals surface area contributed by atoms with Crippen LogP contribution in [0.15, 0.2) is 30.3 Å². The van der Waals surface area contributed by atoms with Crippen LogP contribution in [0.3, 0.4) is 0 Å². The summed E-state index contributed by atoms with van der Waals surface area (Å²) in [5.41, 5.74) is 5.79. The molecule has 1 atom stereocenters.